The molecule has 0 aromatic heterocycles. The Morgan fingerprint density at radius 2 is 2.00 bits per heavy atom. The van der Waals surface area contributed by atoms with E-state index in [9.17, 15) is 14.7 Å². The van der Waals surface area contributed by atoms with E-state index in [2.05, 4.69) is 12.2 Å². The number of carbonyl (C=O) groups excluding carboxylic acids is 1. The van der Waals surface area contributed by atoms with Crippen LogP contribution in [0.15, 0.2) is 0 Å². The summed E-state index contributed by atoms with van der Waals surface area (Å²) in [5.74, 6) is 0.273. The molecule has 0 aliphatic heterocycles. The maximum Gasteiger partial charge on any atom is 0.319 e. The van der Waals surface area contributed by atoms with Crippen molar-refractivity contribution in [3.63, 3.8) is 0 Å². The SMILES string of the molecule is CC1CCCC(CCNC(=O)C2(C(=O)O)CCC2)C1. The molecule has 0 bridgehead atoms. The number of aliphatic carboxylic acids is 1. The maximum atomic E-state index is 12.0. The monoisotopic (exact) mass is 267 g/mol. The number of nitrogens with one attached hydrogen (secondary N) is 1. The Morgan fingerprint density at radius 3 is 2.53 bits per heavy atom. The van der Waals surface area contributed by atoms with Crippen molar-refractivity contribution in [2.75, 3.05) is 6.54 Å². The van der Waals surface area contributed by atoms with Gasteiger partial charge in [0.25, 0.3) is 0 Å². The van der Waals surface area contributed by atoms with Gasteiger partial charge in [-0.2, -0.15) is 0 Å². The average molecular weight is 267 g/mol. The fraction of sp³-hybridized carbons (Fsp3) is 0.867. The number of hydrogen-bond donors (Lipinski definition) is 2. The van der Waals surface area contributed by atoms with Crippen LogP contribution in [0.3, 0.4) is 0 Å². The fourth-order valence-electron chi connectivity index (χ4n) is 3.45. The summed E-state index contributed by atoms with van der Waals surface area (Å²) in [5, 5.41) is 12.0. The highest BCUT2D eigenvalue weighted by atomic mass is 16.4. The third-order valence-corrected chi connectivity index (χ3v) is 4.93. The predicted octanol–water partition coefficient (Wildman–Crippen LogP) is 2.57. The van der Waals surface area contributed by atoms with Crippen LogP contribution in [0, 0.1) is 17.3 Å². The largest absolute Gasteiger partial charge is 0.480 e. The Bertz CT molecular complexity index is 349. The van der Waals surface area contributed by atoms with Crippen LogP contribution in [0.1, 0.15) is 58.3 Å². The van der Waals surface area contributed by atoms with Gasteiger partial charge in [-0.15, -0.1) is 0 Å². The summed E-state index contributed by atoms with van der Waals surface area (Å²) in [6.07, 6.45) is 7.95. The van der Waals surface area contributed by atoms with Crippen LogP contribution < -0.4 is 5.32 Å². The first-order valence-electron chi connectivity index (χ1n) is 7.56. The third kappa shape index (κ3) is 3.10. The van der Waals surface area contributed by atoms with E-state index < -0.39 is 11.4 Å². The van der Waals surface area contributed by atoms with Gasteiger partial charge in [0.2, 0.25) is 5.91 Å². The molecule has 2 N–H and O–H groups in total. The number of rotatable bonds is 5. The first-order chi connectivity index (χ1) is 9.04. The van der Waals surface area contributed by atoms with Crippen molar-refractivity contribution in [2.45, 2.75) is 58.3 Å². The smallest absolute Gasteiger partial charge is 0.319 e. The molecule has 1 amide bonds. The van der Waals surface area contributed by atoms with Crippen LogP contribution in [0.4, 0.5) is 0 Å². The van der Waals surface area contributed by atoms with Gasteiger partial charge >= 0.3 is 5.97 Å². The van der Waals surface area contributed by atoms with Gasteiger partial charge in [-0.25, -0.2) is 0 Å². The molecule has 0 saturated heterocycles. The Kier molecular flexibility index (Phi) is 4.48. The van der Waals surface area contributed by atoms with Gasteiger partial charge in [-0.05, 0) is 37.5 Å². The lowest BCUT2D eigenvalue weighted by atomic mass is 9.68. The highest BCUT2D eigenvalue weighted by molar-refractivity contribution is 6.02. The normalized spacial score (nSPS) is 29.3. The molecular weight excluding hydrogens is 242 g/mol. The second-order valence-corrected chi connectivity index (χ2v) is 6.42. The summed E-state index contributed by atoms with van der Waals surface area (Å²) in [5.41, 5.74) is -1.11. The number of amides is 1. The molecule has 2 fully saturated rings. The molecule has 4 nitrogen and oxygen atoms in total. The van der Waals surface area contributed by atoms with Gasteiger partial charge in [-0.1, -0.05) is 32.6 Å². The van der Waals surface area contributed by atoms with Crippen LogP contribution >= 0.6 is 0 Å². The van der Waals surface area contributed by atoms with Gasteiger partial charge < -0.3 is 10.4 Å². The first-order valence-corrected chi connectivity index (χ1v) is 7.56. The number of carboxylic acid groups (broad SMARTS) is 1. The molecule has 2 rings (SSSR count). The lowest BCUT2D eigenvalue weighted by Crippen LogP contribution is -2.51. The second kappa shape index (κ2) is 5.93. The van der Waals surface area contributed by atoms with Crippen LogP contribution in [0.5, 0.6) is 0 Å². The summed E-state index contributed by atoms with van der Waals surface area (Å²) in [7, 11) is 0. The summed E-state index contributed by atoms with van der Waals surface area (Å²) >= 11 is 0. The molecule has 2 unspecified atom stereocenters. The molecule has 2 aliphatic rings. The number of hydrogen-bond acceptors (Lipinski definition) is 2. The van der Waals surface area contributed by atoms with E-state index in [-0.39, 0.29) is 5.91 Å². The lowest BCUT2D eigenvalue weighted by Gasteiger charge is -2.36. The highest BCUT2D eigenvalue weighted by Crippen LogP contribution is 2.41. The molecule has 4 heteroatoms. The van der Waals surface area contributed by atoms with E-state index in [1.807, 2.05) is 0 Å². The number of carboxylic acids is 1. The van der Waals surface area contributed by atoms with Crippen molar-refractivity contribution in [1.82, 2.24) is 5.32 Å². The van der Waals surface area contributed by atoms with E-state index >= 15 is 0 Å². The van der Waals surface area contributed by atoms with Crippen molar-refractivity contribution in [1.29, 1.82) is 0 Å². The first kappa shape index (κ1) is 14.4. The molecule has 0 radical (unpaired) electrons. The summed E-state index contributed by atoms with van der Waals surface area (Å²) in [4.78, 5) is 23.2. The van der Waals surface area contributed by atoms with Crippen LogP contribution in [-0.2, 0) is 9.59 Å². The van der Waals surface area contributed by atoms with Crippen molar-refractivity contribution in [2.24, 2.45) is 17.3 Å². The minimum Gasteiger partial charge on any atom is -0.480 e. The molecule has 2 atom stereocenters. The van der Waals surface area contributed by atoms with E-state index in [1.54, 1.807) is 0 Å². The van der Waals surface area contributed by atoms with Crippen LogP contribution in [-0.4, -0.2) is 23.5 Å². The van der Waals surface area contributed by atoms with Crippen molar-refractivity contribution >= 4 is 11.9 Å². The predicted molar refractivity (Wildman–Crippen MR) is 72.7 cm³/mol. The molecule has 0 heterocycles. The summed E-state index contributed by atoms with van der Waals surface area (Å²) in [6, 6.07) is 0. The van der Waals surface area contributed by atoms with Gasteiger partial charge in [0.1, 0.15) is 5.41 Å². The summed E-state index contributed by atoms with van der Waals surface area (Å²) in [6.45, 7) is 2.92. The Morgan fingerprint density at radius 1 is 1.26 bits per heavy atom. The van der Waals surface area contributed by atoms with E-state index in [1.165, 1.54) is 25.7 Å². The van der Waals surface area contributed by atoms with Crippen molar-refractivity contribution < 1.29 is 14.7 Å². The van der Waals surface area contributed by atoms with E-state index in [0.29, 0.717) is 25.3 Å². The van der Waals surface area contributed by atoms with Crippen LogP contribution in [0.2, 0.25) is 0 Å². The molecular formula is C15H25NO3. The zero-order chi connectivity index (χ0) is 13.9. The molecule has 0 spiro atoms. The molecule has 0 aromatic rings. The maximum absolute atomic E-state index is 12.0. The minimum atomic E-state index is -1.11. The zero-order valence-corrected chi connectivity index (χ0v) is 11.8. The fourth-order valence-corrected chi connectivity index (χ4v) is 3.45. The molecule has 2 aliphatic carbocycles. The van der Waals surface area contributed by atoms with Crippen LogP contribution in [0.25, 0.3) is 0 Å². The topological polar surface area (TPSA) is 66.4 Å². The molecule has 19 heavy (non-hydrogen) atoms. The standard InChI is InChI=1S/C15H25NO3/c1-11-4-2-5-12(10-11)6-9-16-13(17)15(14(18)19)7-3-8-15/h11-12H,2-10H2,1H3,(H,16,17)(H,18,19). The highest BCUT2D eigenvalue weighted by Gasteiger charge is 2.50. The second-order valence-electron chi connectivity index (χ2n) is 6.42. The van der Waals surface area contributed by atoms with E-state index in [4.69, 9.17) is 0 Å². The Labute approximate surface area is 115 Å². The van der Waals surface area contributed by atoms with Gasteiger partial charge in [0, 0.05) is 6.54 Å². The zero-order valence-electron chi connectivity index (χ0n) is 11.8. The number of carbonyl (C=O) groups is 2. The molecule has 108 valence electrons. The van der Waals surface area contributed by atoms with E-state index in [0.717, 1.165) is 18.8 Å². The van der Waals surface area contributed by atoms with Crippen molar-refractivity contribution in [3.8, 4) is 0 Å². The minimum absolute atomic E-state index is 0.268. The molecule has 2 saturated carbocycles. The Hall–Kier alpha value is -1.06. The summed E-state index contributed by atoms with van der Waals surface area (Å²) < 4.78 is 0. The quantitative estimate of drug-likeness (QED) is 0.752. The molecule has 0 aromatic carbocycles. The van der Waals surface area contributed by atoms with Crippen molar-refractivity contribution in [3.05, 3.63) is 0 Å². The van der Waals surface area contributed by atoms with Gasteiger partial charge in [0.15, 0.2) is 0 Å². The lowest BCUT2D eigenvalue weighted by molar-refractivity contribution is -0.162. The van der Waals surface area contributed by atoms with Gasteiger partial charge in [0.05, 0.1) is 0 Å². The average Bonchev–Trinajstić information content (AvgIpc) is 2.26. The Balaban J connectivity index is 1.73. The van der Waals surface area contributed by atoms with Gasteiger partial charge in [-0.3, -0.25) is 9.59 Å². The third-order valence-electron chi connectivity index (χ3n) is 4.93.